The monoisotopic (exact) mass is 218 g/mol. The summed E-state index contributed by atoms with van der Waals surface area (Å²) in [5.74, 6) is 4.82. The van der Waals surface area contributed by atoms with Gasteiger partial charge in [0.1, 0.15) is 0 Å². The summed E-state index contributed by atoms with van der Waals surface area (Å²) >= 11 is 3.94. The zero-order chi connectivity index (χ0) is 10.8. The molecule has 0 radical (unpaired) electrons. The molecule has 0 atom stereocenters. The Kier molecular flexibility index (Phi) is 2.48. The highest BCUT2D eigenvalue weighted by molar-refractivity contribution is 7.80. The lowest BCUT2D eigenvalue weighted by Crippen LogP contribution is -1.96. The van der Waals surface area contributed by atoms with E-state index in [4.69, 9.17) is 0 Å². The maximum Gasteiger partial charge on any atom is 0.346 e. The van der Waals surface area contributed by atoms with Crippen molar-refractivity contribution in [2.24, 2.45) is 0 Å². The number of hydrogen-bond acceptors (Lipinski definition) is 4. The van der Waals surface area contributed by atoms with Gasteiger partial charge in [0.15, 0.2) is 0 Å². The van der Waals surface area contributed by atoms with Gasteiger partial charge < -0.3 is 4.74 Å². The smallest absolute Gasteiger partial charge is 0.346 e. The van der Waals surface area contributed by atoms with Crippen molar-refractivity contribution < 1.29 is 14.3 Å². The summed E-state index contributed by atoms with van der Waals surface area (Å²) in [5, 5.41) is 0. The molecule has 0 amide bonds. The highest BCUT2D eigenvalue weighted by Crippen LogP contribution is 2.20. The molecular weight excluding hydrogens is 212 g/mol. The molecule has 15 heavy (non-hydrogen) atoms. The first kappa shape index (κ1) is 9.81. The number of ether oxygens (including phenoxy) is 1. The van der Waals surface area contributed by atoms with Crippen molar-refractivity contribution >= 4 is 24.6 Å². The van der Waals surface area contributed by atoms with Crippen LogP contribution in [0, 0.1) is 11.8 Å². The van der Waals surface area contributed by atoms with Gasteiger partial charge in [0.2, 0.25) is 0 Å². The van der Waals surface area contributed by atoms with Gasteiger partial charge in [0.25, 0.3) is 0 Å². The van der Waals surface area contributed by atoms with Crippen molar-refractivity contribution in [3.05, 3.63) is 34.9 Å². The lowest BCUT2D eigenvalue weighted by molar-refractivity contribution is 0.0444. The Morgan fingerprint density at radius 2 is 1.93 bits per heavy atom. The normalized spacial score (nSPS) is 12.9. The van der Waals surface area contributed by atoms with Crippen LogP contribution >= 0.6 is 12.6 Å². The molecule has 0 bridgehead atoms. The van der Waals surface area contributed by atoms with Crippen LogP contribution in [0.3, 0.4) is 0 Å². The van der Waals surface area contributed by atoms with Crippen LogP contribution in [0.5, 0.6) is 0 Å². The first-order valence-electron chi connectivity index (χ1n) is 4.22. The molecule has 1 aromatic rings. The lowest BCUT2D eigenvalue weighted by atomic mass is 10.1. The quantitative estimate of drug-likeness (QED) is 0.309. The summed E-state index contributed by atoms with van der Waals surface area (Å²) in [4.78, 5) is 22.3. The van der Waals surface area contributed by atoms with E-state index in [0.29, 0.717) is 16.9 Å². The minimum Gasteiger partial charge on any atom is -0.386 e. The van der Waals surface area contributed by atoms with Gasteiger partial charge in [-0.25, -0.2) is 9.59 Å². The Hall–Kier alpha value is -1.73. The maximum absolute atomic E-state index is 11.2. The van der Waals surface area contributed by atoms with E-state index in [9.17, 15) is 9.59 Å². The van der Waals surface area contributed by atoms with Crippen LogP contribution in [0.25, 0.3) is 0 Å². The van der Waals surface area contributed by atoms with E-state index >= 15 is 0 Å². The zero-order valence-electron chi connectivity index (χ0n) is 7.61. The minimum atomic E-state index is -0.607. The van der Waals surface area contributed by atoms with Crippen LogP contribution in [-0.4, -0.2) is 17.7 Å². The third kappa shape index (κ3) is 1.74. The highest BCUT2D eigenvalue weighted by Gasteiger charge is 2.29. The fourth-order valence-corrected chi connectivity index (χ4v) is 1.38. The number of esters is 2. The summed E-state index contributed by atoms with van der Waals surface area (Å²) in [6.07, 6.45) is 0. The Balaban J connectivity index is 2.47. The average Bonchev–Trinajstić information content (AvgIpc) is 2.52. The summed E-state index contributed by atoms with van der Waals surface area (Å²) in [6.45, 7) is 0. The molecule has 0 aliphatic carbocycles. The van der Waals surface area contributed by atoms with Crippen LogP contribution in [0.4, 0.5) is 0 Å². The first-order chi connectivity index (χ1) is 7.22. The van der Waals surface area contributed by atoms with Gasteiger partial charge in [-0.05, 0) is 18.2 Å². The molecule has 0 aromatic heterocycles. The van der Waals surface area contributed by atoms with E-state index in [1.807, 2.05) is 0 Å². The Bertz CT molecular complexity index is 508. The van der Waals surface area contributed by atoms with E-state index in [-0.39, 0.29) is 5.56 Å². The lowest BCUT2D eigenvalue weighted by Gasteiger charge is -1.92. The first-order valence-corrected chi connectivity index (χ1v) is 4.86. The zero-order valence-corrected chi connectivity index (χ0v) is 8.51. The van der Waals surface area contributed by atoms with E-state index in [2.05, 4.69) is 29.2 Å². The molecule has 1 aliphatic rings. The van der Waals surface area contributed by atoms with E-state index in [1.165, 1.54) is 0 Å². The second-order valence-electron chi connectivity index (χ2n) is 2.90. The molecule has 0 saturated heterocycles. The predicted octanol–water partition coefficient (Wildman–Crippen LogP) is 1.28. The Morgan fingerprint density at radius 1 is 1.20 bits per heavy atom. The Labute approximate surface area is 91.8 Å². The summed E-state index contributed by atoms with van der Waals surface area (Å²) < 4.78 is 4.45. The molecule has 0 spiro atoms. The average molecular weight is 218 g/mol. The van der Waals surface area contributed by atoms with Gasteiger partial charge in [-0.3, -0.25) is 0 Å². The number of hydrogen-bond donors (Lipinski definition) is 1. The van der Waals surface area contributed by atoms with Gasteiger partial charge in [-0.2, -0.15) is 12.6 Å². The SMILES string of the molecule is O=C1OC(=O)c2cc(C#CCS)ccc21. The van der Waals surface area contributed by atoms with Crippen molar-refractivity contribution in [1.82, 2.24) is 0 Å². The number of thiol groups is 1. The van der Waals surface area contributed by atoms with Crippen molar-refractivity contribution in [3.8, 4) is 11.8 Å². The number of rotatable bonds is 0. The number of fused-ring (bicyclic) bond motifs is 1. The molecule has 1 aliphatic heterocycles. The summed E-state index contributed by atoms with van der Waals surface area (Å²) in [7, 11) is 0. The van der Waals surface area contributed by atoms with Crippen LogP contribution < -0.4 is 0 Å². The second-order valence-corrected chi connectivity index (χ2v) is 3.21. The fraction of sp³-hybridized carbons (Fsp3) is 0.0909. The molecule has 4 heteroatoms. The van der Waals surface area contributed by atoms with Gasteiger partial charge in [0, 0.05) is 5.56 Å². The van der Waals surface area contributed by atoms with Crippen molar-refractivity contribution in [3.63, 3.8) is 0 Å². The van der Waals surface area contributed by atoms with Crippen LogP contribution in [0.1, 0.15) is 26.3 Å². The molecule has 0 unspecified atom stereocenters. The molecule has 1 aromatic carbocycles. The van der Waals surface area contributed by atoms with Gasteiger partial charge in [-0.1, -0.05) is 11.8 Å². The molecule has 0 fully saturated rings. The predicted molar refractivity (Wildman–Crippen MR) is 56.9 cm³/mol. The number of carbonyl (C=O) groups excluding carboxylic acids is 2. The number of benzene rings is 1. The molecular formula is C11H6O3S. The number of carbonyl (C=O) groups is 2. The maximum atomic E-state index is 11.2. The molecule has 1 heterocycles. The molecule has 0 N–H and O–H groups in total. The highest BCUT2D eigenvalue weighted by atomic mass is 32.1. The van der Waals surface area contributed by atoms with Crippen LogP contribution in [0.15, 0.2) is 18.2 Å². The van der Waals surface area contributed by atoms with Crippen molar-refractivity contribution in [1.29, 1.82) is 0 Å². The molecule has 0 saturated carbocycles. The summed E-state index contributed by atoms with van der Waals surface area (Å²) in [6, 6.07) is 4.78. The van der Waals surface area contributed by atoms with E-state index in [0.717, 1.165) is 0 Å². The third-order valence-corrected chi connectivity index (χ3v) is 2.11. The van der Waals surface area contributed by atoms with Gasteiger partial charge >= 0.3 is 11.9 Å². The topological polar surface area (TPSA) is 43.4 Å². The molecule has 2 rings (SSSR count). The van der Waals surface area contributed by atoms with Crippen LogP contribution in [0.2, 0.25) is 0 Å². The van der Waals surface area contributed by atoms with Gasteiger partial charge in [0.05, 0.1) is 16.9 Å². The Morgan fingerprint density at radius 3 is 2.67 bits per heavy atom. The minimum absolute atomic E-state index is 0.283. The fourth-order valence-electron chi connectivity index (χ4n) is 1.30. The molecule has 3 nitrogen and oxygen atoms in total. The van der Waals surface area contributed by atoms with E-state index < -0.39 is 11.9 Å². The standard InChI is InChI=1S/C11H6O3S/c12-10-8-4-3-7(2-1-5-15)6-9(8)11(13)14-10/h3-4,6,15H,5H2. The summed E-state index contributed by atoms with van der Waals surface area (Å²) in [5.41, 5.74) is 1.26. The van der Waals surface area contributed by atoms with Gasteiger partial charge in [-0.15, -0.1) is 0 Å². The third-order valence-electron chi connectivity index (χ3n) is 1.96. The molecule has 74 valence electrons. The van der Waals surface area contributed by atoms with Crippen molar-refractivity contribution in [2.75, 3.05) is 5.75 Å². The van der Waals surface area contributed by atoms with Crippen molar-refractivity contribution in [2.45, 2.75) is 0 Å². The van der Waals surface area contributed by atoms with Crippen LogP contribution in [-0.2, 0) is 4.74 Å². The van der Waals surface area contributed by atoms with E-state index in [1.54, 1.807) is 18.2 Å². The second kappa shape index (κ2) is 3.79. The number of cyclic esters (lactones) is 2. The largest absolute Gasteiger partial charge is 0.386 e.